The second-order valence-corrected chi connectivity index (χ2v) is 3.52. The molecule has 0 amide bonds. The molecule has 2 aromatic carbocycles. The first-order valence-corrected chi connectivity index (χ1v) is 5.23. The number of benzene rings is 2. The van der Waals surface area contributed by atoms with Crippen LogP contribution in [0.25, 0.3) is 0 Å². The summed E-state index contributed by atoms with van der Waals surface area (Å²) in [4.78, 5) is 23.4. The smallest absolute Gasteiger partial charge is 0.179 e. The molecule has 0 spiro atoms. The van der Waals surface area contributed by atoms with Gasteiger partial charge < -0.3 is 0 Å². The molecule has 0 aliphatic rings. The summed E-state index contributed by atoms with van der Waals surface area (Å²) in [5, 5.41) is 0. The van der Waals surface area contributed by atoms with Crippen molar-refractivity contribution in [2.24, 2.45) is 0 Å². The van der Waals surface area contributed by atoms with Gasteiger partial charge in [-0.25, -0.2) is 0 Å². The van der Waals surface area contributed by atoms with Gasteiger partial charge in [0.1, 0.15) is 6.42 Å². The maximum Gasteiger partial charge on any atom is 0.179 e. The van der Waals surface area contributed by atoms with E-state index >= 15 is 0 Å². The number of Topliss-reactive ketones (excluding diaryl/α,β-unsaturated/α-hetero) is 2. The Balaban J connectivity index is 2.08. The van der Waals surface area contributed by atoms with Crippen LogP contribution in [0.3, 0.4) is 0 Å². The average Bonchev–Trinajstić information content (AvgIpc) is 2.40. The van der Waals surface area contributed by atoms with Gasteiger partial charge in [-0.1, -0.05) is 60.7 Å². The third-order valence-electron chi connectivity index (χ3n) is 2.30. The van der Waals surface area contributed by atoms with E-state index in [4.69, 9.17) is 0 Å². The number of ketones is 2. The highest BCUT2D eigenvalue weighted by atomic mass is 16.1. The molecule has 0 saturated carbocycles. The second kappa shape index (κ2) is 5.21. The van der Waals surface area contributed by atoms with Crippen LogP contribution in [0.1, 0.15) is 20.7 Å². The zero-order chi connectivity index (χ0) is 12.1. The Labute approximate surface area is 99.9 Å². The van der Waals surface area contributed by atoms with Gasteiger partial charge in [0.05, 0.1) is 0 Å². The topological polar surface area (TPSA) is 34.1 Å². The maximum atomic E-state index is 11.7. The minimum atomic E-state index is -0.389. The van der Waals surface area contributed by atoms with Crippen molar-refractivity contribution in [3.63, 3.8) is 0 Å². The summed E-state index contributed by atoms with van der Waals surface area (Å²) in [6.07, 6.45) is 2.33. The summed E-state index contributed by atoms with van der Waals surface area (Å²) in [6, 6.07) is 17.3. The Hall–Kier alpha value is -2.22. The van der Waals surface area contributed by atoms with Crippen LogP contribution in [0.5, 0.6) is 0 Å². The van der Waals surface area contributed by atoms with E-state index in [2.05, 4.69) is 6.42 Å². The quantitative estimate of drug-likeness (QED) is 0.745. The van der Waals surface area contributed by atoms with Crippen molar-refractivity contribution in [1.82, 2.24) is 0 Å². The summed E-state index contributed by atoms with van der Waals surface area (Å²) >= 11 is 0. The van der Waals surface area contributed by atoms with E-state index in [1.54, 1.807) is 48.5 Å². The van der Waals surface area contributed by atoms with Crippen LogP contribution in [0.4, 0.5) is 0 Å². The minimum absolute atomic E-state index is 0.389. The van der Waals surface area contributed by atoms with E-state index in [-0.39, 0.29) is 11.6 Å². The van der Waals surface area contributed by atoms with Crippen molar-refractivity contribution in [3.8, 4) is 0 Å². The summed E-state index contributed by atoms with van der Waals surface area (Å²) < 4.78 is 0. The van der Waals surface area contributed by atoms with Crippen LogP contribution < -0.4 is 0 Å². The van der Waals surface area contributed by atoms with Gasteiger partial charge in [-0.05, 0) is 0 Å². The van der Waals surface area contributed by atoms with Gasteiger partial charge in [-0.3, -0.25) is 9.59 Å². The van der Waals surface area contributed by atoms with Gasteiger partial charge >= 0.3 is 0 Å². The highest BCUT2D eigenvalue weighted by Gasteiger charge is 2.14. The minimum Gasteiger partial charge on any atom is -0.293 e. The molecule has 0 aliphatic heterocycles. The number of carbonyl (C=O) groups is 2. The van der Waals surface area contributed by atoms with E-state index in [1.807, 2.05) is 12.1 Å². The van der Waals surface area contributed by atoms with Crippen LogP contribution in [0, 0.1) is 6.42 Å². The number of hydrogen-bond acceptors (Lipinski definition) is 2. The van der Waals surface area contributed by atoms with Crippen molar-refractivity contribution in [2.45, 2.75) is 0 Å². The van der Waals surface area contributed by atoms with Gasteiger partial charge in [-0.15, -0.1) is 0 Å². The van der Waals surface area contributed by atoms with Crippen LogP contribution in [0.15, 0.2) is 60.7 Å². The normalized spacial score (nSPS) is 9.88. The predicted octanol–water partition coefficient (Wildman–Crippen LogP) is 2.83. The molecule has 0 N–H and O–H groups in total. The molecule has 17 heavy (non-hydrogen) atoms. The predicted molar refractivity (Wildman–Crippen MR) is 64.8 cm³/mol. The molecule has 0 heterocycles. The Kier molecular flexibility index (Phi) is 3.46. The van der Waals surface area contributed by atoms with Crippen LogP contribution in [-0.4, -0.2) is 11.6 Å². The molecule has 0 aliphatic carbocycles. The summed E-state index contributed by atoms with van der Waals surface area (Å²) in [7, 11) is 0. The first-order valence-electron chi connectivity index (χ1n) is 5.23. The van der Waals surface area contributed by atoms with Gasteiger partial charge in [0.15, 0.2) is 11.6 Å². The molecule has 0 unspecified atom stereocenters. The summed E-state index contributed by atoms with van der Waals surface area (Å²) in [5.74, 6) is -0.779. The molecule has 2 heteroatoms. The van der Waals surface area contributed by atoms with E-state index in [1.165, 1.54) is 0 Å². The third kappa shape index (κ3) is 2.88. The molecule has 82 valence electrons. The highest BCUT2D eigenvalue weighted by Crippen LogP contribution is 2.07. The van der Waals surface area contributed by atoms with Gasteiger partial charge in [-0.2, -0.15) is 0 Å². The lowest BCUT2D eigenvalue weighted by atomic mass is 10.0. The van der Waals surface area contributed by atoms with E-state index in [0.29, 0.717) is 11.1 Å². The fraction of sp³-hybridized carbons (Fsp3) is 0. The summed E-state index contributed by atoms with van der Waals surface area (Å²) in [5.41, 5.74) is 0.938. The standard InChI is InChI=1S/C15H10O2/c16-14(12-7-3-1-4-8-12)11-15(17)13-9-5-2-6-10-13/h1-10H. The molecule has 0 atom stereocenters. The Morgan fingerprint density at radius 3 is 1.35 bits per heavy atom. The first kappa shape index (κ1) is 11.3. The molecular formula is C15H10O2. The first-order chi connectivity index (χ1) is 8.27. The molecule has 0 saturated heterocycles. The molecule has 2 radical (unpaired) electrons. The van der Waals surface area contributed by atoms with Crippen LogP contribution in [-0.2, 0) is 0 Å². The van der Waals surface area contributed by atoms with Crippen molar-refractivity contribution in [3.05, 3.63) is 78.2 Å². The van der Waals surface area contributed by atoms with E-state index < -0.39 is 0 Å². The molecule has 0 aromatic heterocycles. The zero-order valence-electron chi connectivity index (χ0n) is 9.09. The molecule has 0 bridgehead atoms. The van der Waals surface area contributed by atoms with Crippen LogP contribution in [0.2, 0.25) is 0 Å². The van der Waals surface area contributed by atoms with Crippen molar-refractivity contribution in [1.29, 1.82) is 0 Å². The van der Waals surface area contributed by atoms with Crippen molar-refractivity contribution < 1.29 is 9.59 Å². The lowest BCUT2D eigenvalue weighted by Gasteiger charge is -1.99. The molecule has 2 rings (SSSR count). The molecule has 2 aromatic rings. The number of hydrogen-bond donors (Lipinski definition) is 0. The average molecular weight is 222 g/mol. The van der Waals surface area contributed by atoms with Crippen molar-refractivity contribution in [2.75, 3.05) is 0 Å². The van der Waals surface area contributed by atoms with Gasteiger partial charge in [0.25, 0.3) is 0 Å². The molecular weight excluding hydrogens is 212 g/mol. The third-order valence-corrected chi connectivity index (χ3v) is 2.30. The Morgan fingerprint density at radius 2 is 1.00 bits per heavy atom. The number of carbonyl (C=O) groups excluding carboxylic acids is 2. The fourth-order valence-corrected chi connectivity index (χ4v) is 1.43. The van der Waals surface area contributed by atoms with Gasteiger partial charge in [0.2, 0.25) is 0 Å². The maximum absolute atomic E-state index is 11.7. The van der Waals surface area contributed by atoms with E-state index in [0.717, 1.165) is 0 Å². The largest absolute Gasteiger partial charge is 0.293 e. The lowest BCUT2D eigenvalue weighted by Crippen LogP contribution is -2.09. The highest BCUT2D eigenvalue weighted by molar-refractivity contribution is 6.22. The Bertz CT molecular complexity index is 466. The SMILES string of the molecule is O=C([C]C(=O)c1ccccc1)c1ccccc1. The molecule has 2 nitrogen and oxygen atoms in total. The van der Waals surface area contributed by atoms with Gasteiger partial charge in [0, 0.05) is 11.1 Å². The zero-order valence-corrected chi connectivity index (χ0v) is 9.09. The molecule has 0 fully saturated rings. The summed E-state index contributed by atoms with van der Waals surface area (Å²) in [6.45, 7) is 0. The number of rotatable bonds is 4. The lowest BCUT2D eigenvalue weighted by molar-refractivity contribution is 0.0956. The Morgan fingerprint density at radius 1 is 0.647 bits per heavy atom. The van der Waals surface area contributed by atoms with E-state index in [9.17, 15) is 9.59 Å². The fourth-order valence-electron chi connectivity index (χ4n) is 1.43. The second-order valence-electron chi connectivity index (χ2n) is 3.52. The monoisotopic (exact) mass is 222 g/mol. The van der Waals surface area contributed by atoms with Crippen molar-refractivity contribution >= 4 is 11.6 Å². The van der Waals surface area contributed by atoms with Crippen LogP contribution >= 0.6 is 0 Å².